The molecule has 1 aromatic rings. The fourth-order valence-corrected chi connectivity index (χ4v) is 1.69. The first-order valence-corrected chi connectivity index (χ1v) is 5.92. The van der Waals surface area contributed by atoms with Crippen molar-refractivity contribution >= 4 is 17.5 Å². The van der Waals surface area contributed by atoms with E-state index in [4.69, 9.17) is 17.3 Å². The lowest BCUT2D eigenvalue weighted by Crippen LogP contribution is -2.26. The monoisotopic (exact) mass is 258 g/mol. The highest BCUT2D eigenvalue weighted by Crippen LogP contribution is 2.20. The highest BCUT2D eigenvalue weighted by molar-refractivity contribution is 6.31. The molecule has 0 fully saturated rings. The van der Waals surface area contributed by atoms with E-state index in [-0.39, 0.29) is 18.1 Å². The van der Waals surface area contributed by atoms with Crippen LogP contribution >= 0.6 is 11.6 Å². The maximum Gasteiger partial charge on any atom is 0.220 e. The molecule has 3 nitrogen and oxygen atoms in total. The van der Waals surface area contributed by atoms with Gasteiger partial charge in [-0.1, -0.05) is 17.7 Å². The number of amides is 1. The number of rotatable bonds is 6. The van der Waals surface area contributed by atoms with Gasteiger partial charge in [0.25, 0.3) is 0 Å². The zero-order chi connectivity index (χ0) is 12.7. The van der Waals surface area contributed by atoms with Gasteiger partial charge in [0.2, 0.25) is 5.91 Å². The topological polar surface area (TPSA) is 55.1 Å². The Balaban J connectivity index is 2.42. The number of halogens is 2. The number of carbonyl (C=O) groups is 1. The van der Waals surface area contributed by atoms with E-state index >= 15 is 0 Å². The molecule has 3 N–H and O–H groups in total. The van der Waals surface area contributed by atoms with Crippen LogP contribution in [0.5, 0.6) is 0 Å². The van der Waals surface area contributed by atoms with Crippen LogP contribution in [0, 0.1) is 5.82 Å². The first-order valence-electron chi connectivity index (χ1n) is 5.55. The second-order valence-electron chi connectivity index (χ2n) is 3.69. The molecule has 17 heavy (non-hydrogen) atoms. The maximum absolute atomic E-state index is 13.4. The zero-order valence-corrected chi connectivity index (χ0v) is 10.3. The van der Waals surface area contributed by atoms with Crippen molar-refractivity contribution in [2.75, 3.05) is 13.1 Å². The molecule has 0 saturated carbocycles. The van der Waals surface area contributed by atoms with Crippen LogP contribution in [0.15, 0.2) is 18.2 Å². The van der Waals surface area contributed by atoms with Crippen molar-refractivity contribution in [1.82, 2.24) is 5.32 Å². The predicted octanol–water partition coefficient (Wildman–Crippen LogP) is 1.88. The van der Waals surface area contributed by atoms with E-state index in [1.54, 1.807) is 12.1 Å². The Morgan fingerprint density at radius 2 is 2.24 bits per heavy atom. The molecule has 0 radical (unpaired) electrons. The summed E-state index contributed by atoms with van der Waals surface area (Å²) in [6, 6.07) is 4.50. The lowest BCUT2D eigenvalue weighted by Gasteiger charge is -2.06. The number of nitrogens with two attached hydrogens (primary N) is 1. The summed E-state index contributed by atoms with van der Waals surface area (Å²) in [6.07, 6.45) is 1.28. The zero-order valence-electron chi connectivity index (χ0n) is 9.51. The molecule has 0 heterocycles. The molecule has 0 atom stereocenters. The van der Waals surface area contributed by atoms with Gasteiger partial charge in [-0.05, 0) is 31.5 Å². The number of hydrogen-bond acceptors (Lipinski definition) is 2. The number of benzene rings is 1. The molecular formula is C12H16ClFN2O. The molecule has 0 saturated heterocycles. The lowest BCUT2D eigenvalue weighted by atomic mass is 10.1. The van der Waals surface area contributed by atoms with Crippen molar-refractivity contribution < 1.29 is 9.18 Å². The van der Waals surface area contributed by atoms with Crippen molar-refractivity contribution in [3.63, 3.8) is 0 Å². The van der Waals surface area contributed by atoms with E-state index in [2.05, 4.69) is 5.32 Å². The number of nitrogens with one attached hydrogen (secondary N) is 1. The summed E-state index contributed by atoms with van der Waals surface area (Å²) in [5.41, 5.74) is 5.69. The molecule has 94 valence electrons. The van der Waals surface area contributed by atoms with Gasteiger partial charge in [0.15, 0.2) is 0 Å². The summed E-state index contributed by atoms with van der Waals surface area (Å²) in [7, 11) is 0. The van der Waals surface area contributed by atoms with Crippen LogP contribution in [-0.4, -0.2) is 19.0 Å². The third kappa shape index (κ3) is 4.71. The number of hydrogen-bond donors (Lipinski definition) is 2. The van der Waals surface area contributed by atoms with Gasteiger partial charge in [-0.3, -0.25) is 4.79 Å². The van der Waals surface area contributed by atoms with Gasteiger partial charge in [0, 0.05) is 23.6 Å². The Hall–Kier alpha value is -1.13. The second-order valence-corrected chi connectivity index (χ2v) is 4.10. The molecule has 1 rings (SSSR count). The summed E-state index contributed by atoms with van der Waals surface area (Å²) < 4.78 is 13.4. The van der Waals surface area contributed by atoms with Crippen LogP contribution in [0.4, 0.5) is 4.39 Å². The first-order chi connectivity index (χ1) is 8.15. The normalized spacial score (nSPS) is 10.3. The van der Waals surface area contributed by atoms with E-state index in [1.165, 1.54) is 6.07 Å². The quantitative estimate of drug-likeness (QED) is 0.766. The van der Waals surface area contributed by atoms with Gasteiger partial charge >= 0.3 is 0 Å². The molecule has 5 heteroatoms. The van der Waals surface area contributed by atoms with E-state index in [1.807, 2.05) is 0 Å². The summed E-state index contributed by atoms with van der Waals surface area (Å²) in [5, 5.41) is 3.07. The molecule has 0 unspecified atom stereocenters. The predicted molar refractivity (Wildman–Crippen MR) is 66.4 cm³/mol. The summed E-state index contributed by atoms with van der Waals surface area (Å²) in [6.45, 7) is 1.10. The molecule has 0 aliphatic carbocycles. The summed E-state index contributed by atoms with van der Waals surface area (Å²) in [4.78, 5) is 11.4. The molecule has 1 amide bonds. The fraction of sp³-hybridized carbons (Fsp3) is 0.417. The lowest BCUT2D eigenvalue weighted by molar-refractivity contribution is -0.121. The second kappa shape index (κ2) is 7.25. The van der Waals surface area contributed by atoms with Crippen molar-refractivity contribution in [2.24, 2.45) is 5.73 Å². The Morgan fingerprint density at radius 3 is 2.88 bits per heavy atom. The van der Waals surface area contributed by atoms with Crippen LogP contribution in [0.2, 0.25) is 5.02 Å². The molecule has 0 aromatic heterocycles. The van der Waals surface area contributed by atoms with Crippen LogP contribution in [-0.2, 0) is 11.2 Å². The van der Waals surface area contributed by atoms with E-state index < -0.39 is 0 Å². The van der Waals surface area contributed by atoms with E-state index in [0.717, 1.165) is 6.42 Å². The SMILES string of the molecule is NCCCNC(=O)CCc1c(F)cccc1Cl. The minimum Gasteiger partial charge on any atom is -0.356 e. The Bertz CT molecular complexity index is 365. The van der Waals surface area contributed by atoms with Crippen molar-refractivity contribution in [2.45, 2.75) is 19.3 Å². The van der Waals surface area contributed by atoms with Crippen LogP contribution < -0.4 is 11.1 Å². The molecule has 0 bridgehead atoms. The smallest absolute Gasteiger partial charge is 0.220 e. The Morgan fingerprint density at radius 1 is 1.47 bits per heavy atom. The van der Waals surface area contributed by atoms with Gasteiger partial charge in [-0.25, -0.2) is 4.39 Å². The average molecular weight is 259 g/mol. The van der Waals surface area contributed by atoms with Crippen molar-refractivity contribution in [3.8, 4) is 0 Å². The van der Waals surface area contributed by atoms with Crippen LogP contribution in [0.1, 0.15) is 18.4 Å². The van der Waals surface area contributed by atoms with Crippen LogP contribution in [0.25, 0.3) is 0 Å². The number of carbonyl (C=O) groups excluding carboxylic acids is 1. The van der Waals surface area contributed by atoms with Crippen molar-refractivity contribution in [1.29, 1.82) is 0 Å². The third-order valence-electron chi connectivity index (χ3n) is 2.37. The fourth-order valence-electron chi connectivity index (χ4n) is 1.43. The standard InChI is InChI=1S/C12H16ClFN2O/c13-10-3-1-4-11(14)9(10)5-6-12(17)16-8-2-7-15/h1,3-4H,2,5-8,15H2,(H,16,17). The van der Waals surface area contributed by atoms with Gasteiger partial charge < -0.3 is 11.1 Å². The van der Waals surface area contributed by atoms with Gasteiger partial charge in [0.05, 0.1) is 0 Å². The Kier molecular flexibility index (Phi) is 5.94. The van der Waals surface area contributed by atoms with Crippen molar-refractivity contribution in [3.05, 3.63) is 34.6 Å². The summed E-state index contributed by atoms with van der Waals surface area (Å²) in [5.74, 6) is -0.481. The van der Waals surface area contributed by atoms with Gasteiger partial charge in [-0.2, -0.15) is 0 Å². The minimum atomic E-state index is -0.368. The largest absolute Gasteiger partial charge is 0.356 e. The molecule has 1 aromatic carbocycles. The molecular weight excluding hydrogens is 243 g/mol. The molecule has 0 spiro atoms. The molecule has 0 aliphatic rings. The third-order valence-corrected chi connectivity index (χ3v) is 2.72. The molecule has 0 aliphatic heterocycles. The van der Waals surface area contributed by atoms with Crippen LogP contribution in [0.3, 0.4) is 0 Å². The highest BCUT2D eigenvalue weighted by Gasteiger charge is 2.09. The Labute approximate surface area is 105 Å². The first kappa shape index (κ1) is 13.9. The average Bonchev–Trinajstić information content (AvgIpc) is 2.29. The minimum absolute atomic E-state index is 0.113. The van der Waals surface area contributed by atoms with E-state index in [0.29, 0.717) is 30.1 Å². The van der Waals surface area contributed by atoms with Gasteiger partial charge in [0.1, 0.15) is 5.82 Å². The van der Waals surface area contributed by atoms with Gasteiger partial charge in [-0.15, -0.1) is 0 Å². The highest BCUT2D eigenvalue weighted by atomic mass is 35.5. The van der Waals surface area contributed by atoms with E-state index in [9.17, 15) is 9.18 Å². The maximum atomic E-state index is 13.4. The summed E-state index contributed by atoms with van der Waals surface area (Å²) >= 11 is 5.85.